The van der Waals surface area contributed by atoms with Gasteiger partial charge in [-0.1, -0.05) is 130 Å². The van der Waals surface area contributed by atoms with Crippen LogP contribution in [0.15, 0.2) is 0 Å². The Morgan fingerprint density at radius 1 is 0.514 bits per heavy atom. The third-order valence-corrected chi connectivity index (χ3v) is 8.09. The minimum Gasteiger partial charge on any atom is -0.465 e. The number of hydrogen-bond donors (Lipinski definition) is 0. The molecule has 0 aromatic heterocycles. The zero-order chi connectivity index (χ0) is 25.7. The normalized spacial score (nSPS) is 21.8. The molecule has 0 spiro atoms. The van der Waals surface area contributed by atoms with Gasteiger partial charge < -0.3 is 9.47 Å². The van der Waals surface area contributed by atoms with Gasteiger partial charge in [-0.2, -0.15) is 0 Å². The molecule has 0 aromatic carbocycles. The van der Waals surface area contributed by atoms with Crippen LogP contribution in [0, 0.1) is 23.7 Å². The molecular weight excluding hydrogens is 436 g/mol. The minimum absolute atomic E-state index is 0.162. The third-order valence-electron chi connectivity index (χ3n) is 8.09. The van der Waals surface area contributed by atoms with Gasteiger partial charge in [0.15, 0.2) is 0 Å². The lowest BCUT2D eigenvalue weighted by molar-refractivity contribution is -0.162. The van der Waals surface area contributed by atoms with Crippen LogP contribution in [0.3, 0.4) is 0 Å². The van der Waals surface area contributed by atoms with E-state index in [4.69, 9.17) is 9.47 Å². The van der Waals surface area contributed by atoms with Crippen LogP contribution in [0.4, 0.5) is 0 Å². The summed E-state index contributed by atoms with van der Waals surface area (Å²) >= 11 is 0. The Balaban J connectivity index is 2.40. The highest BCUT2D eigenvalue weighted by Gasteiger charge is 2.50. The van der Waals surface area contributed by atoms with Crippen LogP contribution in [0.25, 0.3) is 0 Å². The van der Waals surface area contributed by atoms with Crippen molar-refractivity contribution in [3.05, 3.63) is 0 Å². The highest BCUT2D eigenvalue weighted by molar-refractivity contribution is 5.83. The van der Waals surface area contributed by atoms with Crippen molar-refractivity contribution in [2.45, 2.75) is 150 Å². The summed E-state index contributed by atoms with van der Waals surface area (Å²) in [5.74, 6) is -0.525. The summed E-state index contributed by atoms with van der Waals surface area (Å²) in [4.78, 5) is 26.2. The quantitative estimate of drug-likeness (QED) is 0.111. The van der Waals surface area contributed by atoms with Crippen molar-refractivity contribution < 1.29 is 19.1 Å². The zero-order valence-corrected chi connectivity index (χ0v) is 23.8. The molecule has 4 nitrogen and oxygen atoms in total. The lowest BCUT2D eigenvalue weighted by atomic mass is 9.85. The molecule has 1 fully saturated rings. The van der Waals surface area contributed by atoms with E-state index in [0.717, 1.165) is 44.9 Å². The van der Waals surface area contributed by atoms with E-state index in [2.05, 4.69) is 27.7 Å². The summed E-state index contributed by atoms with van der Waals surface area (Å²) in [5, 5.41) is 0. The van der Waals surface area contributed by atoms with E-state index in [1.54, 1.807) is 0 Å². The maximum absolute atomic E-state index is 13.1. The molecule has 1 aliphatic carbocycles. The molecule has 0 bridgehead atoms. The lowest BCUT2D eigenvalue weighted by Crippen LogP contribution is -2.34. The predicted octanol–water partition coefficient (Wildman–Crippen LogP) is 9.04. The molecule has 1 rings (SSSR count). The largest absolute Gasteiger partial charge is 0.465 e. The molecule has 4 heteroatoms. The molecule has 0 amide bonds. The highest BCUT2D eigenvalue weighted by Crippen LogP contribution is 2.46. The van der Waals surface area contributed by atoms with Crippen LogP contribution in [0.2, 0.25) is 0 Å². The molecule has 0 heterocycles. The number of carbonyl (C=O) groups is 2. The average Bonchev–Trinajstić information content (AvgIpc) is 3.25. The number of ether oxygens (including phenoxy) is 2. The van der Waals surface area contributed by atoms with E-state index >= 15 is 0 Å². The van der Waals surface area contributed by atoms with Gasteiger partial charge in [0.05, 0.1) is 25.0 Å². The second-order valence-electron chi connectivity index (χ2n) is 10.9. The maximum atomic E-state index is 13.1. The minimum atomic E-state index is -0.329. The first-order chi connectivity index (χ1) is 17.1. The van der Waals surface area contributed by atoms with E-state index in [1.165, 1.54) is 77.0 Å². The first-order valence-corrected chi connectivity index (χ1v) is 15.4. The van der Waals surface area contributed by atoms with Crippen LogP contribution in [-0.4, -0.2) is 25.2 Å². The van der Waals surface area contributed by atoms with Gasteiger partial charge >= 0.3 is 11.9 Å². The Morgan fingerprint density at radius 2 is 0.829 bits per heavy atom. The van der Waals surface area contributed by atoms with Crippen molar-refractivity contribution in [1.82, 2.24) is 0 Å². The van der Waals surface area contributed by atoms with E-state index < -0.39 is 0 Å². The smallest absolute Gasteiger partial charge is 0.310 e. The van der Waals surface area contributed by atoms with Gasteiger partial charge in [-0.25, -0.2) is 0 Å². The average molecular weight is 495 g/mol. The summed E-state index contributed by atoms with van der Waals surface area (Å²) in [6.45, 7) is 9.71. The molecule has 35 heavy (non-hydrogen) atoms. The van der Waals surface area contributed by atoms with E-state index in [0.29, 0.717) is 13.2 Å². The number of rotatable bonds is 22. The maximum Gasteiger partial charge on any atom is 0.310 e. The summed E-state index contributed by atoms with van der Waals surface area (Å²) in [7, 11) is 0. The Labute approximate surface area is 217 Å². The molecule has 0 saturated heterocycles. The molecule has 1 aliphatic rings. The third kappa shape index (κ3) is 13.2. The number of unbranched alkanes of at least 4 members (excludes halogenated alkanes) is 14. The van der Waals surface area contributed by atoms with Crippen LogP contribution < -0.4 is 0 Å². The fourth-order valence-electron chi connectivity index (χ4n) is 5.80. The monoisotopic (exact) mass is 494 g/mol. The van der Waals surface area contributed by atoms with Gasteiger partial charge in [-0.15, -0.1) is 0 Å². The summed E-state index contributed by atoms with van der Waals surface area (Å²) < 4.78 is 11.5. The molecule has 4 atom stereocenters. The van der Waals surface area contributed by atoms with Gasteiger partial charge in [0.2, 0.25) is 0 Å². The molecule has 4 unspecified atom stereocenters. The Morgan fingerprint density at radius 3 is 1.14 bits per heavy atom. The standard InChI is InChI=1S/C31H58O4/c1-5-9-11-13-15-17-19-21-23-34-30(32)28-26(7-3)25-27(8-4)29(28)31(33)35-24-22-20-18-16-14-12-10-6-2/h26-29H,5-25H2,1-4H3. The number of hydrogen-bond acceptors (Lipinski definition) is 4. The van der Waals surface area contributed by atoms with Gasteiger partial charge in [-0.3, -0.25) is 9.59 Å². The van der Waals surface area contributed by atoms with E-state index in [9.17, 15) is 9.59 Å². The molecule has 0 aromatic rings. The molecule has 0 N–H and O–H groups in total. The second-order valence-corrected chi connectivity index (χ2v) is 10.9. The number of esters is 2. The molecule has 0 aliphatic heterocycles. The highest BCUT2D eigenvalue weighted by atomic mass is 16.5. The van der Waals surface area contributed by atoms with Crippen molar-refractivity contribution in [3.8, 4) is 0 Å². The molecule has 1 saturated carbocycles. The molecular formula is C31H58O4. The predicted molar refractivity (Wildman–Crippen MR) is 146 cm³/mol. The van der Waals surface area contributed by atoms with Crippen molar-refractivity contribution in [1.29, 1.82) is 0 Å². The Hall–Kier alpha value is -1.06. The van der Waals surface area contributed by atoms with Gasteiger partial charge in [0, 0.05) is 0 Å². The topological polar surface area (TPSA) is 52.6 Å². The summed E-state index contributed by atoms with van der Waals surface area (Å²) in [5.41, 5.74) is 0. The van der Waals surface area contributed by atoms with E-state index in [-0.39, 0.29) is 35.6 Å². The van der Waals surface area contributed by atoms with Crippen LogP contribution in [0.5, 0.6) is 0 Å². The van der Waals surface area contributed by atoms with Gasteiger partial charge in [0.1, 0.15) is 0 Å². The molecule has 0 radical (unpaired) electrons. The number of carbonyl (C=O) groups excluding carboxylic acids is 2. The second kappa shape index (κ2) is 21.1. The van der Waals surface area contributed by atoms with Crippen LogP contribution >= 0.6 is 0 Å². The summed E-state index contributed by atoms with van der Waals surface area (Å²) in [6.07, 6.45) is 22.3. The fraction of sp³-hybridized carbons (Fsp3) is 0.935. The summed E-state index contributed by atoms with van der Waals surface area (Å²) in [6, 6.07) is 0. The van der Waals surface area contributed by atoms with Crippen molar-refractivity contribution in [3.63, 3.8) is 0 Å². The Bertz CT molecular complexity index is 486. The van der Waals surface area contributed by atoms with Crippen molar-refractivity contribution in [2.24, 2.45) is 23.7 Å². The SMILES string of the molecule is CCCCCCCCCCOC(=O)C1C(CC)CC(CC)C1C(=O)OCCCCCCCCCC. The van der Waals surface area contributed by atoms with Gasteiger partial charge in [-0.05, 0) is 31.1 Å². The van der Waals surface area contributed by atoms with E-state index in [1.807, 2.05) is 0 Å². The Kier molecular flexibility index (Phi) is 19.2. The van der Waals surface area contributed by atoms with Gasteiger partial charge in [0.25, 0.3) is 0 Å². The zero-order valence-electron chi connectivity index (χ0n) is 23.8. The first kappa shape index (κ1) is 32.0. The lowest BCUT2D eigenvalue weighted by Gasteiger charge is -2.23. The van der Waals surface area contributed by atoms with Crippen LogP contribution in [-0.2, 0) is 19.1 Å². The van der Waals surface area contributed by atoms with Crippen molar-refractivity contribution in [2.75, 3.05) is 13.2 Å². The van der Waals surface area contributed by atoms with Crippen molar-refractivity contribution >= 4 is 11.9 Å². The first-order valence-electron chi connectivity index (χ1n) is 15.4. The fourth-order valence-corrected chi connectivity index (χ4v) is 5.80. The van der Waals surface area contributed by atoms with Crippen LogP contribution in [0.1, 0.15) is 150 Å². The molecule has 206 valence electrons.